The van der Waals surface area contributed by atoms with Crippen molar-refractivity contribution in [3.05, 3.63) is 121 Å². The zero-order valence-corrected chi connectivity index (χ0v) is 20.2. The van der Waals surface area contributed by atoms with E-state index in [1.807, 2.05) is 11.3 Å². The van der Waals surface area contributed by atoms with Gasteiger partial charge in [0.1, 0.15) is 0 Å². The SMILES string of the molecule is c1ccc(-n2c3ccccc3c3cc(-c4ccc5nc6c(cc5c4)sc4ccccc46)ccc32)cc1. The number of rotatable bonds is 2. The number of benzene rings is 5. The third-order valence-corrected chi connectivity index (χ3v) is 8.27. The van der Waals surface area contributed by atoms with Gasteiger partial charge in [-0.15, -0.1) is 11.3 Å². The number of thiophene rings is 1. The van der Waals surface area contributed by atoms with E-state index in [1.54, 1.807) is 0 Å². The van der Waals surface area contributed by atoms with Crippen LogP contribution in [0.3, 0.4) is 0 Å². The second kappa shape index (κ2) is 7.51. The highest BCUT2D eigenvalue weighted by molar-refractivity contribution is 7.25. The smallest absolute Gasteiger partial charge is 0.0896 e. The van der Waals surface area contributed by atoms with Crippen LogP contribution in [0.2, 0.25) is 0 Å². The third kappa shape index (κ3) is 2.87. The Balaban J connectivity index is 1.33. The largest absolute Gasteiger partial charge is 0.309 e. The second-order valence-electron chi connectivity index (χ2n) is 9.26. The van der Waals surface area contributed by atoms with Gasteiger partial charge in [-0.1, -0.05) is 66.7 Å². The summed E-state index contributed by atoms with van der Waals surface area (Å²) in [5.74, 6) is 0. The highest BCUT2D eigenvalue weighted by Gasteiger charge is 2.14. The van der Waals surface area contributed by atoms with Gasteiger partial charge in [-0.3, -0.25) is 0 Å². The summed E-state index contributed by atoms with van der Waals surface area (Å²) in [5, 5.41) is 4.96. The molecule has 0 amide bonds. The normalized spacial score (nSPS) is 11.9. The summed E-state index contributed by atoms with van der Waals surface area (Å²) in [5.41, 5.74) is 8.20. The van der Waals surface area contributed by atoms with Crippen molar-refractivity contribution >= 4 is 64.3 Å². The fourth-order valence-corrected chi connectivity index (χ4v) is 6.58. The summed E-state index contributed by atoms with van der Waals surface area (Å²) in [6, 6.07) is 43.6. The van der Waals surface area contributed by atoms with Crippen molar-refractivity contribution in [3.8, 4) is 16.8 Å². The van der Waals surface area contributed by atoms with Gasteiger partial charge in [-0.05, 0) is 65.7 Å². The fraction of sp³-hybridized carbons (Fsp3) is 0. The minimum absolute atomic E-state index is 1.04. The Morgan fingerprint density at radius 2 is 1.25 bits per heavy atom. The molecule has 36 heavy (non-hydrogen) atoms. The van der Waals surface area contributed by atoms with E-state index in [4.69, 9.17) is 4.98 Å². The molecule has 0 atom stereocenters. The molecule has 5 aromatic carbocycles. The molecule has 3 heteroatoms. The minimum Gasteiger partial charge on any atom is -0.309 e. The Labute approximate surface area is 211 Å². The topological polar surface area (TPSA) is 17.8 Å². The van der Waals surface area contributed by atoms with Crippen molar-refractivity contribution in [2.45, 2.75) is 0 Å². The van der Waals surface area contributed by atoms with Crippen LogP contribution in [0, 0.1) is 0 Å². The maximum Gasteiger partial charge on any atom is 0.0896 e. The van der Waals surface area contributed by atoms with Gasteiger partial charge in [0.2, 0.25) is 0 Å². The third-order valence-electron chi connectivity index (χ3n) is 7.16. The van der Waals surface area contributed by atoms with Crippen LogP contribution < -0.4 is 0 Å². The molecule has 0 aliphatic heterocycles. The van der Waals surface area contributed by atoms with Gasteiger partial charge < -0.3 is 4.57 Å². The molecule has 0 fully saturated rings. The molecule has 0 bridgehead atoms. The maximum absolute atomic E-state index is 5.04. The monoisotopic (exact) mass is 476 g/mol. The van der Waals surface area contributed by atoms with Gasteiger partial charge in [0.25, 0.3) is 0 Å². The van der Waals surface area contributed by atoms with Crippen molar-refractivity contribution in [2.24, 2.45) is 0 Å². The lowest BCUT2D eigenvalue weighted by Gasteiger charge is -2.08. The van der Waals surface area contributed by atoms with E-state index in [2.05, 4.69) is 126 Å². The number of hydrogen-bond acceptors (Lipinski definition) is 2. The number of aromatic nitrogens is 2. The van der Waals surface area contributed by atoms with Crippen LogP contribution in [0.15, 0.2) is 121 Å². The maximum atomic E-state index is 5.04. The Hall–Kier alpha value is -4.47. The average molecular weight is 477 g/mol. The molecule has 2 nitrogen and oxygen atoms in total. The van der Waals surface area contributed by atoms with Crippen LogP contribution in [0.1, 0.15) is 0 Å². The predicted octanol–water partition coefficient (Wildman–Crippen LogP) is 9.37. The van der Waals surface area contributed by atoms with Gasteiger partial charge >= 0.3 is 0 Å². The molecule has 0 saturated heterocycles. The van der Waals surface area contributed by atoms with Gasteiger partial charge in [0.05, 0.1) is 26.8 Å². The summed E-state index contributed by atoms with van der Waals surface area (Å²) in [6.07, 6.45) is 0. The molecule has 0 N–H and O–H groups in total. The molecule has 3 heterocycles. The van der Waals surface area contributed by atoms with Gasteiger partial charge in [-0.2, -0.15) is 0 Å². The Kier molecular flexibility index (Phi) is 4.13. The standard InChI is InChI=1S/C33H20N2S/c1-2-8-24(9-3-1)35-29-12-6-4-10-25(29)27-19-22(15-17-30(27)35)21-14-16-28-23(18-21)20-32-33(34-28)26-11-5-7-13-31(26)36-32/h1-20H. The molecule has 0 aliphatic rings. The first-order valence-corrected chi connectivity index (χ1v) is 13.0. The van der Waals surface area contributed by atoms with Crippen LogP contribution >= 0.6 is 11.3 Å². The number of fused-ring (bicyclic) bond motifs is 7. The van der Waals surface area contributed by atoms with E-state index in [9.17, 15) is 0 Å². The quantitative estimate of drug-likeness (QED) is 0.243. The zero-order valence-electron chi connectivity index (χ0n) is 19.3. The summed E-state index contributed by atoms with van der Waals surface area (Å²) < 4.78 is 4.88. The molecule has 8 aromatic rings. The molecule has 0 saturated carbocycles. The van der Waals surface area contributed by atoms with Crippen molar-refractivity contribution in [3.63, 3.8) is 0 Å². The first-order valence-electron chi connectivity index (χ1n) is 12.1. The average Bonchev–Trinajstić information content (AvgIpc) is 3.46. The summed E-state index contributed by atoms with van der Waals surface area (Å²) in [4.78, 5) is 5.04. The molecular formula is C33H20N2S. The van der Waals surface area contributed by atoms with E-state index in [1.165, 1.54) is 58.8 Å². The zero-order chi connectivity index (χ0) is 23.6. The molecule has 8 rings (SSSR count). The molecule has 3 aromatic heterocycles. The van der Waals surface area contributed by atoms with Crippen molar-refractivity contribution in [2.75, 3.05) is 0 Å². The second-order valence-corrected chi connectivity index (χ2v) is 10.3. The Bertz CT molecular complexity index is 2100. The number of pyridine rings is 1. The molecule has 0 spiro atoms. The fourth-order valence-electron chi connectivity index (χ4n) is 5.48. The van der Waals surface area contributed by atoms with E-state index >= 15 is 0 Å². The van der Waals surface area contributed by atoms with Gasteiger partial charge in [0, 0.05) is 31.9 Å². The van der Waals surface area contributed by atoms with Crippen molar-refractivity contribution < 1.29 is 0 Å². The first kappa shape index (κ1) is 19.8. The summed E-state index contributed by atoms with van der Waals surface area (Å²) in [7, 11) is 0. The number of para-hydroxylation sites is 2. The summed E-state index contributed by atoms with van der Waals surface area (Å²) in [6.45, 7) is 0. The Morgan fingerprint density at radius 3 is 2.17 bits per heavy atom. The van der Waals surface area contributed by atoms with E-state index in [0.29, 0.717) is 0 Å². The Morgan fingerprint density at radius 1 is 0.528 bits per heavy atom. The predicted molar refractivity (Wildman–Crippen MR) is 154 cm³/mol. The molecule has 0 radical (unpaired) electrons. The number of hydrogen-bond donors (Lipinski definition) is 0. The molecule has 168 valence electrons. The lowest BCUT2D eigenvalue weighted by molar-refractivity contribution is 1.18. The highest BCUT2D eigenvalue weighted by Crippen LogP contribution is 2.37. The van der Waals surface area contributed by atoms with Crippen molar-refractivity contribution in [1.29, 1.82) is 0 Å². The molecule has 0 unspecified atom stereocenters. The van der Waals surface area contributed by atoms with Gasteiger partial charge in [-0.25, -0.2) is 4.98 Å². The number of nitrogens with zero attached hydrogens (tertiary/aromatic N) is 2. The van der Waals surface area contributed by atoms with E-state index < -0.39 is 0 Å². The van der Waals surface area contributed by atoms with E-state index in [0.717, 1.165) is 11.0 Å². The van der Waals surface area contributed by atoms with Crippen LogP contribution in [0.4, 0.5) is 0 Å². The van der Waals surface area contributed by atoms with Crippen LogP contribution in [0.5, 0.6) is 0 Å². The molecule has 0 aliphatic carbocycles. The van der Waals surface area contributed by atoms with E-state index in [-0.39, 0.29) is 0 Å². The molecular weight excluding hydrogens is 456 g/mol. The minimum atomic E-state index is 1.04. The highest BCUT2D eigenvalue weighted by atomic mass is 32.1. The first-order chi connectivity index (χ1) is 17.8. The van der Waals surface area contributed by atoms with Gasteiger partial charge in [0.15, 0.2) is 0 Å². The van der Waals surface area contributed by atoms with Crippen molar-refractivity contribution in [1.82, 2.24) is 9.55 Å². The summed E-state index contributed by atoms with van der Waals surface area (Å²) >= 11 is 1.82. The lowest BCUT2D eigenvalue weighted by atomic mass is 10.0. The van der Waals surface area contributed by atoms with Crippen LogP contribution in [-0.4, -0.2) is 9.55 Å². The van der Waals surface area contributed by atoms with Crippen LogP contribution in [-0.2, 0) is 0 Å². The van der Waals surface area contributed by atoms with Crippen LogP contribution in [0.25, 0.3) is 69.8 Å². The lowest BCUT2D eigenvalue weighted by Crippen LogP contribution is -1.92.